The van der Waals surface area contributed by atoms with Gasteiger partial charge in [-0.05, 0) is 31.0 Å². The molecule has 19 heavy (non-hydrogen) atoms. The Labute approximate surface area is 114 Å². The Balaban J connectivity index is 1.74. The maximum absolute atomic E-state index is 13.0. The van der Waals surface area contributed by atoms with E-state index in [1.165, 1.54) is 23.9 Å². The van der Waals surface area contributed by atoms with Crippen molar-refractivity contribution in [2.45, 2.75) is 29.4 Å². The van der Waals surface area contributed by atoms with Crippen molar-refractivity contribution in [3.8, 4) is 0 Å². The summed E-state index contributed by atoms with van der Waals surface area (Å²) in [5.41, 5.74) is 0.783. The maximum Gasteiger partial charge on any atom is 0.251 e. The molecule has 0 amide bonds. The first-order valence-corrected chi connectivity index (χ1v) is 7.18. The molecule has 1 fully saturated rings. The summed E-state index contributed by atoms with van der Waals surface area (Å²) in [6, 6.07) is 7.99. The van der Waals surface area contributed by atoms with Crippen LogP contribution in [0.25, 0.3) is 0 Å². The van der Waals surface area contributed by atoms with Crippen LogP contribution in [0.4, 0.5) is 4.39 Å². The van der Waals surface area contributed by atoms with Gasteiger partial charge in [-0.1, -0.05) is 6.07 Å². The summed E-state index contributed by atoms with van der Waals surface area (Å²) in [5, 5.41) is 0. The van der Waals surface area contributed by atoms with Crippen LogP contribution in [0.2, 0.25) is 0 Å². The van der Waals surface area contributed by atoms with E-state index in [2.05, 4.69) is 9.97 Å². The number of nitrogens with one attached hydrogen (secondary N) is 1. The highest BCUT2D eigenvalue weighted by molar-refractivity contribution is 7.98. The van der Waals surface area contributed by atoms with Crippen LogP contribution >= 0.6 is 11.8 Å². The summed E-state index contributed by atoms with van der Waals surface area (Å²) >= 11 is 1.46. The molecular formula is C14H13FN2OS. The van der Waals surface area contributed by atoms with Gasteiger partial charge in [0.25, 0.3) is 5.56 Å². The van der Waals surface area contributed by atoms with Crippen molar-refractivity contribution in [1.82, 2.24) is 9.97 Å². The number of hydrogen-bond donors (Lipinski definition) is 1. The summed E-state index contributed by atoms with van der Waals surface area (Å²) < 4.78 is 13.0. The SMILES string of the molecule is O=c1cc(C2CC2)nc(CSc2cccc(F)c2)[nH]1. The van der Waals surface area contributed by atoms with Gasteiger partial charge in [-0.2, -0.15) is 0 Å². The first kappa shape index (κ1) is 12.4. The number of aromatic amines is 1. The topological polar surface area (TPSA) is 45.8 Å². The zero-order chi connectivity index (χ0) is 13.2. The lowest BCUT2D eigenvalue weighted by molar-refractivity contribution is 0.624. The normalized spacial score (nSPS) is 14.6. The van der Waals surface area contributed by atoms with Crippen LogP contribution < -0.4 is 5.56 Å². The van der Waals surface area contributed by atoms with E-state index in [1.54, 1.807) is 12.1 Å². The number of rotatable bonds is 4. The molecule has 1 aromatic heterocycles. The van der Waals surface area contributed by atoms with E-state index in [0.717, 1.165) is 23.4 Å². The van der Waals surface area contributed by atoms with Crippen molar-refractivity contribution in [2.75, 3.05) is 0 Å². The van der Waals surface area contributed by atoms with Crippen molar-refractivity contribution in [1.29, 1.82) is 0 Å². The molecule has 0 spiro atoms. The number of H-pyrrole nitrogens is 1. The number of thioether (sulfide) groups is 1. The van der Waals surface area contributed by atoms with E-state index in [-0.39, 0.29) is 11.4 Å². The van der Waals surface area contributed by atoms with Crippen molar-refractivity contribution >= 4 is 11.8 Å². The molecule has 1 aliphatic carbocycles. The fraction of sp³-hybridized carbons (Fsp3) is 0.286. The second-order valence-electron chi connectivity index (χ2n) is 4.64. The lowest BCUT2D eigenvalue weighted by Gasteiger charge is -2.04. The Morgan fingerprint density at radius 2 is 2.21 bits per heavy atom. The number of nitrogens with zero attached hydrogens (tertiary/aromatic N) is 1. The third-order valence-corrected chi connectivity index (χ3v) is 3.98. The first-order chi connectivity index (χ1) is 9.20. The molecule has 0 bridgehead atoms. The Morgan fingerprint density at radius 3 is 2.95 bits per heavy atom. The van der Waals surface area contributed by atoms with Crippen molar-refractivity contribution in [2.24, 2.45) is 0 Å². The van der Waals surface area contributed by atoms with Crippen LogP contribution in [0.1, 0.15) is 30.3 Å². The van der Waals surface area contributed by atoms with Gasteiger partial charge in [0.05, 0.1) is 11.4 Å². The van der Waals surface area contributed by atoms with Crippen molar-refractivity contribution in [3.63, 3.8) is 0 Å². The lowest BCUT2D eigenvalue weighted by Crippen LogP contribution is -2.11. The lowest BCUT2D eigenvalue weighted by atomic mass is 10.3. The molecule has 2 aromatic rings. The first-order valence-electron chi connectivity index (χ1n) is 6.19. The van der Waals surface area contributed by atoms with E-state index in [0.29, 0.717) is 17.5 Å². The number of benzene rings is 1. The van der Waals surface area contributed by atoms with Crippen LogP contribution in [-0.4, -0.2) is 9.97 Å². The number of aromatic nitrogens is 2. The maximum atomic E-state index is 13.0. The van der Waals surface area contributed by atoms with Gasteiger partial charge in [0.1, 0.15) is 11.6 Å². The molecule has 5 heteroatoms. The van der Waals surface area contributed by atoms with Gasteiger partial charge < -0.3 is 4.98 Å². The van der Waals surface area contributed by atoms with Gasteiger partial charge in [0.2, 0.25) is 0 Å². The third-order valence-electron chi connectivity index (χ3n) is 2.98. The molecule has 1 saturated carbocycles. The summed E-state index contributed by atoms with van der Waals surface area (Å²) in [6.45, 7) is 0. The zero-order valence-corrected chi connectivity index (χ0v) is 11.0. The number of hydrogen-bond acceptors (Lipinski definition) is 3. The highest BCUT2D eigenvalue weighted by Gasteiger charge is 2.25. The van der Waals surface area contributed by atoms with E-state index in [4.69, 9.17) is 0 Å². The average molecular weight is 276 g/mol. The van der Waals surface area contributed by atoms with E-state index in [1.807, 2.05) is 6.07 Å². The Bertz CT molecular complexity index is 652. The molecule has 0 unspecified atom stereocenters. The molecule has 3 rings (SSSR count). The van der Waals surface area contributed by atoms with Crippen molar-refractivity contribution < 1.29 is 4.39 Å². The molecule has 0 radical (unpaired) electrons. The molecule has 1 heterocycles. The van der Waals surface area contributed by atoms with Gasteiger partial charge >= 0.3 is 0 Å². The minimum absolute atomic E-state index is 0.105. The summed E-state index contributed by atoms with van der Waals surface area (Å²) in [5.74, 6) is 1.40. The predicted octanol–water partition coefficient (Wildman–Crippen LogP) is 3.08. The van der Waals surface area contributed by atoms with E-state index >= 15 is 0 Å². The quantitative estimate of drug-likeness (QED) is 0.873. The molecule has 1 N–H and O–H groups in total. The standard InChI is InChI=1S/C14H13FN2OS/c15-10-2-1-3-11(6-10)19-8-13-16-12(9-4-5-9)7-14(18)17-13/h1-3,6-7,9H,4-5,8H2,(H,16,17,18). The van der Waals surface area contributed by atoms with Crippen LogP contribution in [0, 0.1) is 5.82 Å². The molecule has 98 valence electrons. The second-order valence-corrected chi connectivity index (χ2v) is 5.69. The van der Waals surface area contributed by atoms with E-state index < -0.39 is 0 Å². The minimum Gasteiger partial charge on any atom is -0.310 e. The van der Waals surface area contributed by atoms with Gasteiger partial charge in [-0.15, -0.1) is 11.8 Å². The summed E-state index contributed by atoms with van der Waals surface area (Å²) in [6.07, 6.45) is 2.24. The Morgan fingerprint density at radius 1 is 1.37 bits per heavy atom. The van der Waals surface area contributed by atoms with Crippen LogP contribution in [0.15, 0.2) is 40.0 Å². The molecule has 1 aliphatic rings. The van der Waals surface area contributed by atoms with Gasteiger partial charge in [-0.3, -0.25) is 4.79 Å². The Hall–Kier alpha value is -1.62. The minimum atomic E-state index is -0.252. The highest BCUT2D eigenvalue weighted by atomic mass is 32.2. The molecule has 0 saturated heterocycles. The summed E-state index contributed by atoms with van der Waals surface area (Å²) in [4.78, 5) is 19.6. The second kappa shape index (κ2) is 5.17. The van der Waals surface area contributed by atoms with E-state index in [9.17, 15) is 9.18 Å². The van der Waals surface area contributed by atoms with Crippen LogP contribution in [-0.2, 0) is 5.75 Å². The molecule has 0 aliphatic heterocycles. The molecular weight excluding hydrogens is 263 g/mol. The van der Waals surface area contributed by atoms with Gasteiger partial charge in [0.15, 0.2) is 0 Å². The average Bonchev–Trinajstić information content (AvgIpc) is 3.20. The monoisotopic (exact) mass is 276 g/mol. The highest BCUT2D eigenvalue weighted by Crippen LogP contribution is 2.38. The third kappa shape index (κ3) is 3.23. The molecule has 3 nitrogen and oxygen atoms in total. The van der Waals surface area contributed by atoms with Crippen LogP contribution in [0.3, 0.4) is 0 Å². The fourth-order valence-corrected chi connectivity index (χ4v) is 2.70. The number of halogens is 1. The predicted molar refractivity (Wildman–Crippen MR) is 72.8 cm³/mol. The smallest absolute Gasteiger partial charge is 0.251 e. The Kier molecular flexibility index (Phi) is 3.38. The fourth-order valence-electron chi connectivity index (χ4n) is 1.89. The van der Waals surface area contributed by atoms with Gasteiger partial charge in [-0.25, -0.2) is 9.37 Å². The van der Waals surface area contributed by atoms with Crippen LogP contribution in [0.5, 0.6) is 0 Å². The molecule has 1 aromatic carbocycles. The largest absolute Gasteiger partial charge is 0.310 e. The summed E-state index contributed by atoms with van der Waals surface area (Å²) in [7, 11) is 0. The molecule has 0 atom stereocenters. The van der Waals surface area contributed by atoms with Gasteiger partial charge in [0, 0.05) is 16.9 Å². The zero-order valence-electron chi connectivity index (χ0n) is 10.2. The van der Waals surface area contributed by atoms with Crippen molar-refractivity contribution in [3.05, 3.63) is 58.0 Å².